The predicted molar refractivity (Wildman–Crippen MR) is 29.5 cm³/mol. The van der Waals surface area contributed by atoms with E-state index >= 15 is 0 Å². The first-order chi connectivity index (χ1) is 6.00. The predicted octanol–water partition coefficient (Wildman–Crippen LogP) is -9.58. The van der Waals surface area contributed by atoms with Crippen LogP contribution in [0.3, 0.4) is 0 Å². The number of hydrogen-bond donors (Lipinski definition) is 3. The third kappa shape index (κ3) is 700. The molecule has 0 aromatic rings. The third-order valence-electron chi connectivity index (χ3n) is 0. The maximum atomic E-state index is 8.66. The fraction of sp³-hybridized carbons (Fsp3) is 0. The van der Waals surface area contributed by atoms with Crippen molar-refractivity contribution in [2.75, 3.05) is 0 Å². The van der Waals surface area contributed by atoms with Gasteiger partial charge in [-0.2, -0.15) is 0 Å². The molecule has 0 heterocycles. The van der Waals surface area contributed by atoms with Crippen molar-refractivity contribution >= 4 is 23.5 Å². The molecule has 106 valence electrons. The van der Waals surface area contributed by atoms with E-state index in [9.17, 15) is 0 Å². The molecule has 0 saturated carbocycles. The summed E-state index contributed by atoms with van der Waals surface area (Å²) >= 11 is 0. The van der Waals surface area contributed by atoms with E-state index in [4.69, 9.17) is 57.7 Å². The maximum absolute atomic E-state index is 8.66. The first kappa shape index (κ1) is 37.3. The number of phosphoric acid groups is 3. The minimum absolute atomic E-state index is 0. The Kier molecular flexibility index (Phi) is 33.8. The first-order valence-electron chi connectivity index (χ1n) is 2.24. The molecule has 0 bridgehead atoms. The molecule has 0 aliphatic rings. The van der Waals surface area contributed by atoms with Gasteiger partial charge in [0.15, 0.2) is 0 Å². The van der Waals surface area contributed by atoms with Gasteiger partial charge >= 0.3 is 78.1 Å². The molecule has 18 heavy (non-hydrogen) atoms. The standard InChI is InChI=1S/Ag.Na.3H3O4P.Zr/c;;3*1-5(2,3)4;/h;;3*(H3,1,2,3,4);/q2*+1;;;;+4/p-6. The zero-order valence-electron chi connectivity index (χ0n) is 8.16. The average Bonchev–Trinajstić information content (AvgIpc) is 1.41. The molecular weight excluding hydrogens is 507 g/mol. The molecule has 0 saturated heterocycles. The molecule has 0 aliphatic heterocycles. The van der Waals surface area contributed by atoms with Gasteiger partial charge in [0, 0.05) is 0 Å². The van der Waals surface area contributed by atoms with Crippen LogP contribution in [0.1, 0.15) is 0 Å². The molecule has 0 amide bonds. The summed E-state index contributed by atoms with van der Waals surface area (Å²) in [5, 5.41) is 0. The van der Waals surface area contributed by atoms with Gasteiger partial charge in [-0.15, -0.1) is 0 Å². The van der Waals surface area contributed by atoms with E-state index in [2.05, 4.69) is 0 Å². The second-order valence-corrected chi connectivity index (χ2v) is 4.22. The minimum atomic E-state index is -5.14. The molecular formula is H3AgNaO12P3Zr. The zero-order valence-corrected chi connectivity index (χ0v) is 16.8. The molecule has 0 unspecified atom stereocenters. The van der Waals surface area contributed by atoms with Gasteiger partial charge in [0.1, 0.15) is 0 Å². The van der Waals surface area contributed by atoms with Crippen molar-refractivity contribution < 1.29 is 136 Å². The summed E-state index contributed by atoms with van der Waals surface area (Å²) in [7, 11) is -15.4. The Labute approximate surface area is 157 Å². The van der Waals surface area contributed by atoms with Crippen molar-refractivity contribution in [3.05, 3.63) is 0 Å². The average molecular weight is 510 g/mol. The number of rotatable bonds is 0. The molecule has 0 fully saturated rings. The molecule has 0 spiro atoms. The Balaban J connectivity index is -0.0000000277. The fourth-order valence-corrected chi connectivity index (χ4v) is 0. The van der Waals surface area contributed by atoms with E-state index in [-0.39, 0.29) is 78.1 Å². The van der Waals surface area contributed by atoms with E-state index in [1.54, 1.807) is 0 Å². The van der Waals surface area contributed by atoms with Crippen LogP contribution in [0.4, 0.5) is 0 Å². The second kappa shape index (κ2) is 16.3. The molecule has 0 radical (unpaired) electrons. The third-order valence-corrected chi connectivity index (χ3v) is 0. The molecule has 0 atom stereocenters. The van der Waals surface area contributed by atoms with Crippen molar-refractivity contribution in [2.24, 2.45) is 0 Å². The van der Waals surface area contributed by atoms with Crippen LogP contribution in [-0.2, 0) is 62.3 Å². The fourth-order valence-electron chi connectivity index (χ4n) is 0. The van der Waals surface area contributed by atoms with Crippen molar-refractivity contribution in [3.8, 4) is 0 Å². The zero-order chi connectivity index (χ0) is 13.5. The van der Waals surface area contributed by atoms with Gasteiger partial charge in [-0.25, -0.2) is 0 Å². The summed E-state index contributed by atoms with van der Waals surface area (Å²) < 4.78 is 26.0. The Hall–Kier alpha value is 2.95. The Morgan fingerprint density at radius 1 is 0.611 bits per heavy atom. The monoisotopic (exact) mass is 508 g/mol. The summed E-state index contributed by atoms with van der Waals surface area (Å²) in [6, 6.07) is 0. The summed E-state index contributed by atoms with van der Waals surface area (Å²) in [6.45, 7) is 0. The van der Waals surface area contributed by atoms with Crippen LogP contribution in [0, 0.1) is 0 Å². The molecule has 0 aliphatic carbocycles. The first-order valence-corrected chi connectivity index (χ1v) is 6.73. The molecule has 0 aromatic carbocycles. The van der Waals surface area contributed by atoms with Crippen LogP contribution in [0.15, 0.2) is 0 Å². The van der Waals surface area contributed by atoms with Gasteiger partial charge < -0.3 is 57.7 Å². The van der Waals surface area contributed by atoms with E-state index in [1.165, 1.54) is 0 Å². The second-order valence-electron chi connectivity index (χ2n) is 1.41. The van der Waals surface area contributed by atoms with E-state index in [0.717, 1.165) is 0 Å². The summed E-state index contributed by atoms with van der Waals surface area (Å²) in [4.78, 5) is 72.9. The Bertz CT molecular complexity index is 213. The Morgan fingerprint density at radius 3 is 0.611 bits per heavy atom. The number of hydrogen-bond acceptors (Lipinski definition) is 9. The van der Waals surface area contributed by atoms with Crippen LogP contribution < -0.4 is 58.9 Å². The van der Waals surface area contributed by atoms with E-state index in [0.29, 0.717) is 0 Å². The topological polar surface area (TPSA) is 250 Å². The molecule has 12 nitrogen and oxygen atoms in total. The minimum Gasteiger partial charge on any atom is -0.790 e. The van der Waals surface area contributed by atoms with Crippen molar-refractivity contribution in [3.63, 3.8) is 0 Å². The van der Waals surface area contributed by atoms with Gasteiger partial charge in [-0.05, 0) is 0 Å². The summed E-state index contributed by atoms with van der Waals surface area (Å²) in [5.74, 6) is 0. The van der Waals surface area contributed by atoms with Crippen LogP contribution in [-0.4, -0.2) is 14.7 Å². The van der Waals surface area contributed by atoms with Gasteiger partial charge in [-0.1, -0.05) is 0 Å². The normalized spacial score (nSPS) is 9.83. The van der Waals surface area contributed by atoms with Crippen LogP contribution in [0.2, 0.25) is 0 Å². The quantitative estimate of drug-likeness (QED) is 0.203. The van der Waals surface area contributed by atoms with E-state index < -0.39 is 23.5 Å². The summed E-state index contributed by atoms with van der Waals surface area (Å²) in [6.07, 6.45) is 0. The van der Waals surface area contributed by atoms with Gasteiger partial charge in [0.05, 0.1) is 23.5 Å². The molecule has 18 heteroatoms. The van der Waals surface area contributed by atoms with E-state index in [1.807, 2.05) is 0 Å². The molecule has 0 rings (SSSR count). The smallest absolute Gasteiger partial charge is 0.790 e. The van der Waals surface area contributed by atoms with Crippen LogP contribution >= 0.6 is 23.5 Å². The van der Waals surface area contributed by atoms with Gasteiger partial charge in [0.25, 0.3) is 0 Å². The van der Waals surface area contributed by atoms with Crippen molar-refractivity contribution in [1.29, 1.82) is 0 Å². The van der Waals surface area contributed by atoms with Crippen LogP contribution in [0.25, 0.3) is 0 Å². The van der Waals surface area contributed by atoms with Gasteiger partial charge in [-0.3, -0.25) is 0 Å². The largest absolute Gasteiger partial charge is 4.00 e. The van der Waals surface area contributed by atoms with Crippen molar-refractivity contribution in [2.45, 2.75) is 0 Å². The van der Waals surface area contributed by atoms with Crippen LogP contribution in [0.5, 0.6) is 0 Å². The van der Waals surface area contributed by atoms with Gasteiger partial charge in [0.2, 0.25) is 0 Å². The molecule has 3 N–H and O–H groups in total. The molecule has 0 aromatic heterocycles. The summed E-state index contributed by atoms with van der Waals surface area (Å²) in [5.41, 5.74) is 0. The van der Waals surface area contributed by atoms with Crippen molar-refractivity contribution in [1.82, 2.24) is 0 Å². The SMILES string of the molecule is O=P([O-])([O-])O.O=P([O-])([O-])O.O=P([O-])([O-])O.[Ag+].[Na+].[Zr+4]. The maximum Gasteiger partial charge on any atom is 4.00 e. The Morgan fingerprint density at radius 2 is 0.611 bits per heavy atom.